The zero-order valence-electron chi connectivity index (χ0n) is 17.8. The highest BCUT2D eigenvalue weighted by Gasteiger charge is 2.35. The molecule has 0 saturated heterocycles. The molecule has 1 aliphatic heterocycles. The van der Waals surface area contributed by atoms with Crippen LogP contribution in [0.1, 0.15) is 52.1 Å². The smallest absolute Gasteiger partial charge is 0.319 e. The molecule has 3 N–H and O–H groups in total. The van der Waals surface area contributed by atoms with E-state index >= 15 is 0 Å². The van der Waals surface area contributed by atoms with Crippen LogP contribution in [0.2, 0.25) is 0 Å². The normalized spacial score (nSPS) is 12.7. The van der Waals surface area contributed by atoms with Crippen molar-refractivity contribution in [3.05, 3.63) is 64.7 Å². The van der Waals surface area contributed by atoms with Gasteiger partial charge in [0.05, 0.1) is 11.1 Å². The second-order valence-electron chi connectivity index (χ2n) is 7.79. The van der Waals surface area contributed by atoms with Crippen LogP contribution in [0.15, 0.2) is 42.5 Å². The van der Waals surface area contributed by atoms with E-state index in [0.29, 0.717) is 23.4 Å². The molecule has 8 nitrogen and oxygen atoms in total. The van der Waals surface area contributed by atoms with Crippen molar-refractivity contribution in [2.24, 2.45) is 0 Å². The standard InChI is InChI=1S/C23H26N4O4/c1-14(2)25-23(31)26-17-7-5-16(6-8-17)13-24-20(28)10-11-27-21(29)18-9-4-15(3)12-19(18)22(27)30/h4-9,12,14H,10-11,13H2,1-3H3,(H,24,28)(H2,25,26,31). The molecule has 162 valence electrons. The Morgan fingerprint density at radius 3 is 2.32 bits per heavy atom. The summed E-state index contributed by atoms with van der Waals surface area (Å²) in [5, 5.41) is 8.25. The molecule has 0 unspecified atom stereocenters. The van der Waals surface area contributed by atoms with Crippen molar-refractivity contribution in [1.29, 1.82) is 0 Å². The molecule has 1 heterocycles. The van der Waals surface area contributed by atoms with Gasteiger partial charge in [0, 0.05) is 31.2 Å². The van der Waals surface area contributed by atoms with E-state index in [4.69, 9.17) is 0 Å². The van der Waals surface area contributed by atoms with Gasteiger partial charge < -0.3 is 16.0 Å². The molecule has 0 saturated carbocycles. The van der Waals surface area contributed by atoms with E-state index in [1.165, 1.54) is 0 Å². The minimum atomic E-state index is -0.364. The molecule has 0 aliphatic carbocycles. The number of nitrogens with one attached hydrogen (secondary N) is 3. The Labute approximate surface area is 181 Å². The van der Waals surface area contributed by atoms with Crippen LogP contribution < -0.4 is 16.0 Å². The van der Waals surface area contributed by atoms with Crippen molar-refractivity contribution < 1.29 is 19.2 Å². The third-order valence-corrected chi connectivity index (χ3v) is 4.81. The summed E-state index contributed by atoms with van der Waals surface area (Å²) in [6, 6.07) is 12.0. The predicted molar refractivity (Wildman–Crippen MR) is 117 cm³/mol. The minimum absolute atomic E-state index is 0.0272. The van der Waals surface area contributed by atoms with Gasteiger partial charge in [-0.15, -0.1) is 0 Å². The van der Waals surface area contributed by atoms with E-state index in [2.05, 4.69) is 16.0 Å². The highest BCUT2D eigenvalue weighted by Crippen LogP contribution is 2.23. The number of hydrogen-bond donors (Lipinski definition) is 3. The Bertz CT molecular complexity index is 1010. The summed E-state index contributed by atoms with van der Waals surface area (Å²) in [4.78, 5) is 49.9. The summed E-state index contributed by atoms with van der Waals surface area (Å²) in [6.45, 7) is 5.95. The van der Waals surface area contributed by atoms with Crippen LogP contribution in [0.5, 0.6) is 0 Å². The Morgan fingerprint density at radius 2 is 1.65 bits per heavy atom. The Kier molecular flexibility index (Phi) is 6.69. The Balaban J connectivity index is 1.46. The fourth-order valence-electron chi connectivity index (χ4n) is 3.25. The van der Waals surface area contributed by atoms with Crippen LogP contribution in [0.4, 0.5) is 10.5 Å². The first kappa shape index (κ1) is 22.0. The number of fused-ring (bicyclic) bond motifs is 1. The van der Waals surface area contributed by atoms with Crippen LogP contribution in [-0.4, -0.2) is 41.2 Å². The van der Waals surface area contributed by atoms with Crippen molar-refractivity contribution in [1.82, 2.24) is 15.5 Å². The summed E-state index contributed by atoms with van der Waals surface area (Å²) < 4.78 is 0. The molecule has 0 radical (unpaired) electrons. The van der Waals surface area contributed by atoms with Gasteiger partial charge in [0.25, 0.3) is 11.8 Å². The fraction of sp³-hybridized carbons (Fsp3) is 0.304. The van der Waals surface area contributed by atoms with Crippen molar-refractivity contribution in [3.8, 4) is 0 Å². The van der Waals surface area contributed by atoms with Crippen LogP contribution >= 0.6 is 0 Å². The summed E-state index contributed by atoms with van der Waals surface area (Å²) in [7, 11) is 0. The fourth-order valence-corrected chi connectivity index (χ4v) is 3.25. The topological polar surface area (TPSA) is 108 Å². The molecular formula is C23H26N4O4. The average molecular weight is 422 g/mol. The molecule has 2 aromatic carbocycles. The van der Waals surface area contributed by atoms with Gasteiger partial charge in [-0.2, -0.15) is 0 Å². The van der Waals surface area contributed by atoms with Gasteiger partial charge in [0.2, 0.25) is 5.91 Å². The third-order valence-electron chi connectivity index (χ3n) is 4.81. The number of amides is 5. The number of hydrogen-bond acceptors (Lipinski definition) is 4. The van der Waals surface area contributed by atoms with E-state index in [-0.39, 0.29) is 42.8 Å². The SMILES string of the molecule is Cc1ccc2c(c1)C(=O)N(CCC(=O)NCc1ccc(NC(=O)NC(C)C)cc1)C2=O. The molecule has 1 aliphatic rings. The maximum Gasteiger partial charge on any atom is 0.319 e. The average Bonchev–Trinajstić information content (AvgIpc) is 2.94. The first-order chi connectivity index (χ1) is 14.7. The van der Waals surface area contributed by atoms with Gasteiger partial charge in [-0.25, -0.2) is 4.79 Å². The quantitative estimate of drug-likeness (QED) is 0.596. The highest BCUT2D eigenvalue weighted by atomic mass is 16.2. The molecule has 0 bridgehead atoms. The summed E-state index contributed by atoms with van der Waals surface area (Å²) in [5.41, 5.74) is 3.18. The number of benzene rings is 2. The number of carbonyl (C=O) groups is 4. The Hall–Kier alpha value is -3.68. The molecule has 31 heavy (non-hydrogen) atoms. The minimum Gasteiger partial charge on any atom is -0.352 e. The van der Waals surface area contributed by atoms with Crippen molar-refractivity contribution in [2.45, 2.75) is 39.8 Å². The third kappa shape index (κ3) is 5.48. The maximum atomic E-state index is 12.5. The molecule has 3 rings (SSSR count). The number of rotatable bonds is 7. The summed E-state index contributed by atoms with van der Waals surface area (Å²) in [5.74, 6) is -0.982. The Morgan fingerprint density at radius 1 is 0.968 bits per heavy atom. The summed E-state index contributed by atoms with van der Waals surface area (Å²) >= 11 is 0. The number of anilines is 1. The number of carbonyl (C=O) groups excluding carboxylic acids is 4. The van der Waals surface area contributed by atoms with Gasteiger partial charge in [-0.3, -0.25) is 19.3 Å². The molecule has 5 amide bonds. The highest BCUT2D eigenvalue weighted by molar-refractivity contribution is 6.21. The van der Waals surface area contributed by atoms with Crippen LogP contribution in [-0.2, 0) is 11.3 Å². The van der Waals surface area contributed by atoms with Crippen LogP contribution in [0.3, 0.4) is 0 Å². The first-order valence-electron chi connectivity index (χ1n) is 10.1. The molecule has 0 spiro atoms. The first-order valence-corrected chi connectivity index (χ1v) is 10.1. The van der Waals surface area contributed by atoms with Crippen LogP contribution in [0, 0.1) is 6.92 Å². The van der Waals surface area contributed by atoms with Gasteiger partial charge in [0.15, 0.2) is 0 Å². The van der Waals surface area contributed by atoms with Crippen LogP contribution in [0.25, 0.3) is 0 Å². The van der Waals surface area contributed by atoms with E-state index in [9.17, 15) is 19.2 Å². The molecule has 2 aromatic rings. The largest absolute Gasteiger partial charge is 0.352 e. The maximum absolute atomic E-state index is 12.5. The van der Waals surface area contributed by atoms with Gasteiger partial charge in [-0.1, -0.05) is 23.8 Å². The molecule has 0 fully saturated rings. The predicted octanol–water partition coefficient (Wildman–Crippen LogP) is 2.83. The lowest BCUT2D eigenvalue weighted by atomic mass is 10.1. The zero-order chi connectivity index (χ0) is 22.5. The van der Waals surface area contributed by atoms with Crippen molar-refractivity contribution >= 4 is 29.4 Å². The second kappa shape index (κ2) is 9.42. The van der Waals surface area contributed by atoms with E-state index in [1.54, 1.807) is 42.5 Å². The zero-order valence-corrected chi connectivity index (χ0v) is 17.8. The molecule has 8 heteroatoms. The van der Waals surface area contributed by atoms with E-state index in [0.717, 1.165) is 16.0 Å². The lowest BCUT2D eigenvalue weighted by molar-refractivity contribution is -0.121. The van der Waals surface area contributed by atoms with E-state index in [1.807, 2.05) is 20.8 Å². The van der Waals surface area contributed by atoms with Gasteiger partial charge in [0.1, 0.15) is 0 Å². The second-order valence-corrected chi connectivity index (χ2v) is 7.79. The number of imide groups is 1. The lowest BCUT2D eigenvalue weighted by Gasteiger charge is -2.13. The molecule has 0 aromatic heterocycles. The van der Waals surface area contributed by atoms with E-state index < -0.39 is 0 Å². The number of nitrogens with zero attached hydrogens (tertiary/aromatic N) is 1. The lowest BCUT2D eigenvalue weighted by Crippen LogP contribution is -2.34. The summed E-state index contributed by atoms with van der Waals surface area (Å²) in [6.07, 6.45) is 0.0272. The molecular weight excluding hydrogens is 396 g/mol. The molecule has 0 atom stereocenters. The van der Waals surface area contributed by atoms with Crippen molar-refractivity contribution in [2.75, 3.05) is 11.9 Å². The van der Waals surface area contributed by atoms with Gasteiger partial charge in [-0.05, 0) is 50.6 Å². The monoisotopic (exact) mass is 422 g/mol. The number of urea groups is 1. The van der Waals surface area contributed by atoms with Gasteiger partial charge >= 0.3 is 6.03 Å². The number of aryl methyl sites for hydroxylation is 1. The van der Waals surface area contributed by atoms with Crippen molar-refractivity contribution in [3.63, 3.8) is 0 Å².